The maximum Gasteiger partial charge on any atom is 0.282 e. The molecule has 0 aromatic heterocycles. The van der Waals surface area contributed by atoms with Crippen LogP contribution in [0.3, 0.4) is 0 Å². The highest BCUT2D eigenvalue weighted by atomic mass is 32.2. The maximum absolute atomic E-state index is 13.5. The molecule has 0 heterocycles. The Labute approximate surface area is 189 Å². The Balaban J connectivity index is 2.06. The first-order valence-corrected chi connectivity index (χ1v) is 13.3. The molecule has 3 nitrogen and oxygen atoms in total. The lowest BCUT2D eigenvalue weighted by Gasteiger charge is -2.20. The van der Waals surface area contributed by atoms with Crippen LogP contribution in [0.1, 0.15) is 11.1 Å². The van der Waals surface area contributed by atoms with E-state index in [1.807, 2.05) is 97.9 Å². The number of nitrogens with zero attached hydrogens (tertiary/aromatic N) is 1. The Morgan fingerprint density at radius 2 is 1.12 bits per heavy atom. The molecule has 0 bridgehead atoms. The fourth-order valence-corrected chi connectivity index (χ4v) is 8.38. The Bertz CT molecular complexity index is 1380. The molecule has 0 aliphatic carbocycles. The van der Waals surface area contributed by atoms with Crippen LogP contribution in [0, 0.1) is 18.5 Å². The van der Waals surface area contributed by atoms with Gasteiger partial charge in [0, 0.05) is 16.2 Å². The van der Waals surface area contributed by atoms with E-state index in [0.717, 1.165) is 21.7 Å². The van der Waals surface area contributed by atoms with E-state index in [9.17, 15) is 8.42 Å². The van der Waals surface area contributed by atoms with Crippen molar-refractivity contribution in [1.82, 2.24) is 0 Å². The molecule has 0 unspecified atom stereocenters. The average molecular weight is 456 g/mol. The SMILES string of the molecule is Cc1ccc(S(=O)(=O)N=P(C#Cc2ccccc2)(c2ccccc2)c2ccccc2)cc1. The van der Waals surface area contributed by atoms with Gasteiger partial charge in [0.1, 0.15) is 7.05 Å². The van der Waals surface area contributed by atoms with Crippen molar-refractivity contribution >= 4 is 27.7 Å². The molecular weight excluding hydrogens is 433 g/mol. The van der Waals surface area contributed by atoms with Crippen molar-refractivity contribution in [2.24, 2.45) is 4.15 Å². The number of hydrogen-bond donors (Lipinski definition) is 0. The van der Waals surface area contributed by atoms with Crippen LogP contribution in [0.2, 0.25) is 0 Å². The standard InChI is InChI=1S/C27H22NO2PS/c1-23-17-19-27(20-18-23)32(29,30)28-31(25-13-7-3-8-14-25,26-15-9-4-10-16-26)22-21-24-11-5-2-6-12-24/h2-20H,1H3. The van der Waals surface area contributed by atoms with E-state index in [1.54, 1.807) is 24.3 Å². The number of hydrogen-bond acceptors (Lipinski definition) is 2. The Kier molecular flexibility index (Phi) is 6.42. The molecule has 4 aromatic rings. The van der Waals surface area contributed by atoms with E-state index in [-0.39, 0.29) is 4.90 Å². The topological polar surface area (TPSA) is 46.5 Å². The van der Waals surface area contributed by atoms with Gasteiger partial charge in [-0.25, -0.2) is 0 Å². The molecule has 0 saturated carbocycles. The predicted molar refractivity (Wildman–Crippen MR) is 133 cm³/mol. The molecule has 0 N–H and O–H groups in total. The smallest absolute Gasteiger partial charge is 0.199 e. The molecule has 0 fully saturated rings. The third-order valence-corrected chi connectivity index (χ3v) is 10.2. The second kappa shape index (κ2) is 9.40. The molecule has 0 atom stereocenters. The lowest BCUT2D eigenvalue weighted by Crippen LogP contribution is -2.16. The summed E-state index contributed by atoms with van der Waals surface area (Å²) in [5.74, 6) is 3.21. The molecule has 0 aliphatic heterocycles. The lowest BCUT2D eigenvalue weighted by molar-refractivity contribution is 0.598. The van der Waals surface area contributed by atoms with Crippen LogP contribution in [-0.4, -0.2) is 8.42 Å². The summed E-state index contributed by atoms with van der Waals surface area (Å²) in [5.41, 5.74) is 5.13. The van der Waals surface area contributed by atoms with Gasteiger partial charge in [0.2, 0.25) is 0 Å². The number of sulfonamides is 1. The summed E-state index contributed by atoms with van der Waals surface area (Å²) in [6, 6.07) is 35.4. The average Bonchev–Trinajstić information content (AvgIpc) is 2.84. The summed E-state index contributed by atoms with van der Waals surface area (Å²) < 4.78 is 31.6. The highest BCUT2D eigenvalue weighted by molar-refractivity contribution is 7.98. The summed E-state index contributed by atoms with van der Waals surface area (Å²) in [6.45, 7) is 1.92. The van der Waals surface area contributed by atoms with Gasteiger partial charge in [-0.05, 0) is 36.9 Å². The van der Waals surface area contributed by atoms with Crippen LogP contribution >= 0.6 is 7.05 Å². The third-order valence-electron chi connectivity index (χ3n) is 4.94. The van der Waals surface area contributed by atoms with E-state index >= 15 is 0 Å². The second-order valence-corrected chi connectivity index (χ2v) is 11.9. The van der Waals surface area contributed by atoms with Crippen LogP contribution in [0.4, 0.5) is 0 Å². The lowest BCUT2D eigenvalue weighted by atomic mass is 10.2. The van der Waals surface area contributed by atoms with Crippen molar-refractivity contribution in [2.75, 3.05) is 0 Å². The monoisotopic (exact) mass is 455 g/mol. The Morgan fingerprint density at radius 3 is 1.62 bits per heavy atom. The van der Waals surface area contributed by atoms with Crippen LogP contribution < -0.4 is 10.6 Å². The van der Waals surface area contributed by atoms with E-state index in [4.69, 9.17) is 0 Å². The molecule has 4 rings (SSSR count). The first-order chi connectivity index (χ1) is 15.5. The quantitative estimate of drug-likeness (QED) is 0.299. The molecule has 5 heteroatoms. The number of benzene rings is 4. The minimum Gasteiger partial charge on any atom is -0.199 e. The van der Waals surface area contributed by atoms with Crippen LogP contribution in [-0.2, 0) is 10.0 Å². The van der Waals surface area contributed by atoms with E-state index < -0.39 is 17.1 Å². The van der Waals surface area contributed by atoms with Gasteiger partial charge in [-0.3, -0.25) is 0 Å². The van der Waals surface area contributed by atoms with Crippen LogP contribution in [0.15, 0.2) is 124 Å². The molecule has 0 amide bonds. The zero-order valence-corrected chi connectivity index (χ0v) is 19.3. The normalized spacial score (nSPS) is 11.3. The second-order valence-electron chi connectivity index (χ2n) is 7.28. The van der Waals surface area contributed by atoms with Gasteiger partial charge in [-0.1, -0.05) is 102 Å². The first kappa shape index (κ1) is 21.8. The van der Waals surface area contributed by atoms with Gasteiger partial charge in [0.05, 0.1) is 4.90 Å². The maximum atomic E-state index is 13.5. The zero-order chi connectivity index (χ0) is 22.4. The largest absolute Gasteiger partial charge is 0.282 e. The molecule has 32 heavy (non-hydrogen) atoms. The van der Waals surface area contributed by atoms with Gasteiger partial charge >= 0.3 is 0 Å². The molecule has 4 aromatic carbocycles. The van der Waals surface area contributed by atoms with Gasteiger partial charge in [-0.2, -0.15) is 12.6 Å². The highest BCUT2D eigenvalue weighted by Crippen LogP contribution is 2.48. The fourth-order valence-electron chi connectivity index (χ4n) is 3.27. The van der Waals surface area contributed by atoms with Gasteiger partial charge < -0.3 is 0 Å². The minimum absolute atomic E-state index is 0.167. The molecule has 0 aliphatic rings. The van der Waals surface area contributed by atoms with E-state index in [2.05, 4.69) is 15.7 Å². The summed E-state index contributed by atoms with van der Waals surface area (Å²) in [7, 11) is -6.95. The zero-order valence-electron chi connectivity index (χ0n) is 17.6. The Morgan fingerprint density at radius 1 is 0.656 bits per heavy atom. The minimum atomic E-state index is -3.96. The van der Waals surface area contributed by atoms with Gasteiger partial charge in [0.15, 0.2) is 0 Å². The highest BCUT2D eigenvalue weighted by Gasteiger charge is 2.27. The summed E-state index contributed by atoms with van der Waals surface area (Å²) in [6.07, 6.45) is 0. The Hall–Kier alpha value is -3.38. The van der Waals surface area contributed by atoms with Gasteiger partial charge in [-0.15, -0.1) is 0 Å². The molecule has 0 saturated heterocycles. The van der Waals surface area contributed by atoms with Gasteiger partial charge in [0.25, 0.3) is 10.0 Å². The first-order valence-electron chi connectivity index (χ1n) is 10.1. The number of rotatable bonds is 4. The van der Waals surface area contributed by atoms with Crippen molar-refractivity contribution in [2.45, 2.75) is 11.8 Å². The molecule has 0 radical (unpaired) electrons. The van der Waals surface area contributed by atoms with Crippen molar-refractivity contribution in [3.63, 3.8) is 0 Å². The van der Waals surface area contributed by atoms with Crippen molar-refractivity contribution in [3.8, 4) is 11.6 Å². The van der Waals surface area contributed by atoms with Crippen LogP contribution in [0.5, 0.6) is 0 Å². The molecule has 0 spiro atoms. The van der Waals surface area contributed by atoms with E-state index in [1.165, 1.54) is 0 Å². The number of aryl methyl sites for hydroxylation is 1. The fraction of sp³-hybridized carbons (Fsp3) is 0.0370. The summed E-state index contributed by atoms with van der Waals surface area (Å²) >= 11 is 0. The van der Waals surface area contributed by atoms with E-state index in [0.29, 0.717) is 0 Å². The third kappa shape index (κ3) is 4.75. The van der Waals surface area contributed by atoms with Crippen molar-refractivity contribution in [1.29, 1.82) is 0 Å². The summed E-state index contributed by atoms with van der Waals surface area (Å²) in [4.78, 5) is 0.167. The molecular formula is C27H22NO2PS. The predicted octanol–water partition coefficient (Wildman–Crippen LogP) is 5.55. The van der Waals surface area contributed by atoms with Crippen molar-refractivity contribution < 1.29 is 8.42 Å². The van der Waals surface area contributed by atoms with Crippen molar-refractivity contribution in [3.05, 3.63) is 126 Å². The molecule has 158 valence electrons. The van der Waals surface area contributed by atoms with Crippen LogP contribution in [0.25, 0.3) is 0 Å². The summed E-state index contributed by atoms with van der Waals surface area (Å²) in [5, 5.41) is 1.59.